The van der Waals surface area contributed by atoms with Crippen LogP contribution in [0.5, 0.6) is 0 Å². The van der Waals surface area contributed by atoms with Crippen LogP contribution in [0.3, 0.4) is 0 Å². The largest absolute Gasteiger partial charge is 0.339 e. The molecule has 0 bridgehead atoms. The molecule has 0 spiro atoms. The third-order valence-electron chi connectivity index (χ3n) is 6.56. The Morgan fingerprint density at radius 3 is 2.44 bits per heavy atom. The van der Waals surface area contributed by atoms with Crippen LogP contribution in [0.1, 0.15) is 64.4 Å². The van der Waals surface area contributed by atoms with E-state index >= 15 is 0 Å². The number of pyridine rings is 1. The number of hydrogen-bond donors (Lipinski definition) is 1. The number of nitrogens with zero attached hydrogens (tertiary/aromatic N) is 5. The molecule has 5 rings (SSSR count). The van der Waals surface area contributed by atoms with Crippen molar-refractivity contribution in [3.8, 4) is 0 Å². The van der Waals surface area contributed by atoms with Crippen LogP contribution in [0, 0.1) is 0 Å². The van der Waals surface area contributed by atoms with Crippen LogP contribution in [-0.4, -0.2) is 67.4 Å². The van der Waals surface area contributed by atoms with E-state index in [1.807, 2.05) is 11.1 Å². The van der Waals surface area contributed by atoms with Crippen molar-refractivity contribution in [2.24, 2.45) is 0 Å². The van der Waals surface area contributed by atoms with Gasteiger partial charge < -0.3 is 14.8 Å². The molecule has 0 aromatic carbocycles. The van der Waals surface area contributed by atoms with Crippen LogP contribution >= 0.6 is 0 Å². The van der Waals surface area contributed by atoms with E-state index in [1.54, 1.807) is 15.6 Å². The fraction of sp³-hybridized carbons (Fsp3) is 0.435. The van der Waals surface area contributed by atoms with Crippen molar-refractivity contribution < 1.29 is 9.59 Å². The lowest BCUT2D eigenvalue weighted by molar-refractivity contribution is 0.0703. The number of H-pyrrole nitrogens is 1. The molecule has 166 valence electrons. The molecule has 3 aromatic heterocycles. The number of fused-ring (bicyclic) bond motifs is 1. The van der Waals surface area contributed by atoms with Gasteiger partial charge in [-0.05, 0) is 55.7 Å². The van der Waals surface area contributed by atoms with Gasteiger partial charge in [-0.2, -0.15) is 5.10 Å². The summed E-state index contributed by atoms with van der Waals surface area (Å²) in [7, 11) is 0. The molecule has 0 saturated carbocycles. The van der Waals surface area contributed by atoms with Gasteiger partial charge in [0.05, 0.1) is 23.5 Å². The van der Waals surface area contributed by atoms with E-state index in [0.29, 0.717) is 24.6 Å². The van der Waals surface area contributed by atoms with Gasteiger partial charge >= 0.3 is 0 Å². The number of likely N-dealkylation sites (tertiary alicyclic amines) is 2. The van der Waals surface area contributed by atoms with Crippen LogP contribution in [-0.2, 0) is 0 Å². The zero-order valence-corrected chi connectivity index (χ0v) is 17.9. The number of rotatable bonds is 3. The zero-order chi connectivity index (χ0) is 22.1. The molecule has 9 nitrogen and oxygen atoms in total. The number of carbonyl (C=O) groups excluding carboxylic acids is 2. The predicted molar refractivity (Wildman–Crippen MR) is 118 cm³/mol. The van der Waals surface area contributed by atoms with Crippen molar-refractivity contribution in [2.45, 2.75) is 38.0 Å². The lowest BCUT2D eigenvalue weighted by atomic mass is 9.89. The molecule has 2 aliphatic heterocycles. The Kier molecular flexibility index (Phi) is 5.46. The van der Waals surface area contributed by atoms with Crippen LogP contribution in [0.25, 0.3) is 5.52 Å². The minimum Gasteiger partial charge on any atom is -0.339 e. The van der Waals surface area contributed by atoms with Gasteiger partial charge in [0.15, 0.2) is 0 Å². The molecule has 2 fully saturated rings. The molecular weight excluding hydrogens is 408 g/mol. The second kappa shape index (κ2) is 8.57. The number of aromatic nitrogens is 4. The highest BCUT2D eigenvalue weighted by Crippen LogP contribution is 2.30. The van der Waals surface area contributed by atoms with Gasteiger partial charge in [-0.1, -0.05) is 0 Å². The average molecular weight is 435 g/mol. The average Bonchev–Trinajstić information content (AvgIpc) is 3.27. The number of carbonyl (C=O) groups is 2. The van der Waals surface area contributed by atoms with Crippen LogP contribution < -0.4 is 5.56 Å². The van der Waals surface area contributed by atoms with Crippen LogP contribution in [0.4, 0.5) is 0 Å². The second-order valence-corrected chi connectivity index (χ2v) is 8.56. The highest BCUT2D eigenvalue weighted by Gasteiger charge is 2.27. The lowest BCUT2D eigenvalue weighted by Crippen LogP contribution is -2.38. The van der Waals surface area contributed by atoms with E-state index in [-0.39, 0.29) is 23.1 Å². The van der Waals surface area contributed by atoms with Gasteiger partial charge in [-0.3, -0.25) is 14.4 Å². The summed E-state index contributed by atoms with van der Waals surface area (Å²) in [6, 6.07) is 4.14. The zero-order valence-electron chi connectivity index (χ0n) is 17.9. The summed E-state index contributed by atoms with van der Waals surface area (Å²) in [6.45, 7) is 2.86. The Morgan fingerprint density at radius 1 is 0.969 bits per heavy atom. The fourth-order valence-corrected chi connectivity index (χ4v) is 4.72. The second-order valence-electron chi connectivity index (χ2n) is 8.56. The van der Waals surface area contributed by atoms with E-state index in [1.165, 1.54) is 18.2 Å². The van der Waals surface area contributed by atoms with Crippen molar-refractivity contribution in [1.29, 1.82) is 0 Å². The summed E-state index contributed by atoms with van der Waals surface area (Å²) in [6.07, 6.45) is 11.0. The topological polar surface area (TPSA) is 104 Å². The summed E-state index contributed by atoms with van der Waals surface area (Å²) >= 11 is 0. The molecule has 2 aliphatic rings. The van der Waals surface area contributed by atoms with Crippen molar-refractivity contribution in [3.63, 3.8) is 0 Å². The van der Waals surface area contributed by atoms with Gasteiger partial charge in [0.25, 0.3) is 17.4 Å². The van der Waals surface area contributed by atoms with Gasteiger partial charge in [0, 0.05) is 38.6 Å². The van der Waals surface area contributed by atoms with Gasteiger partial charge in [-0.25, -0.2) is 9.50 Å². The Balaban J connectivity index is 1.30. The first kappa shape index (κ1) is 20.4. The molecular formula is C23H26N6O3. The maximum absolute atomic E-state index is 13.0. The molecule has 9 heteroatoms. The van der Waals surface area contributed by atoms with Crippen molar-refractivity contribution in [1.82, 2.24) is 29.4 Å². The molecule has 1 N–H and O–H groups in total. The maximum atomic E-state index is 13.0. The highest BCUT2D eigenvalue weighted by molar-refractivity contribution is 6.00. The minimum absolute atomic E-state index is 0.0608. The van der Waals surface area contributed by atoms with Crippen molar-refractivity contribution in [3.05, 3.63) is 64.1 Å². The first-order chi connectivity index (χ1) is 15.6. The van der Waals surface area contributed by atoms with Crippen LogP contribution in [0.2, 0.25) is 0 Å². The normalized spacial score (nSPS) is 17.6. The quantitative estimate of drug-likeness (QED) is 0.680. The number of piperidine rings is 2. The van der Waals surface area contributed by atoms with Crippen molar-refractivity contribution >= 4 is 17.3 Å². The molecule has 5 heterocycles. The number of hydrogen-bond acceptors (Lipinski definition) is 5. The standard InChI is InChI=1S/C23H26N6O3/c30-21-15-24-19(14-25-21)23(32)28-9-4-16(5-10-28)17-6-11-29-20(12-17)18(13-26-29)22(31)27-7-2-1-3-8-27/h6,11-16H,1-5,7-10H2,(H,25,30). The highest BCUT2D eigenvalue weighted by atomic mass is 16.2. The van der Waals surface area contributed by atoms with Gasteiger partial charge in [-0.15, -0.1) is 0 Å². The summed E-state index contributed by atoms with van der Waals surface area (Å²) in [5.41, 5.74) is 2.60. The van der Waals surface area contributed by atoms with Crippen molar-refractivity contribution in [2.75, 3.05) is 26.2 Å². The monoisotopic (exact) mass is 434 g/mol. The molecule has 3 aromatic rings. The number of amides is 2. The molecule has 2 amide bonds. The first-order valence-electron chi connectivity index (χ1n) is 11.2. The Morgan fingerprint density at radius 2 is 1.72 bits per heavy atom. The molecule has 0 aliphatic carbocycles. The smallest absolute Gasteiger partial charge is 0.273 e. The van der Waals surface area contributed by atoms with E-state index in [4.69, 9.17) is 0 Å². The summed E-state index contributed by atoms with van der Waals surface area (Å²) in [5, 5.41) is 4.38. The molecule has 0 atom stereocenters. The Labute approximate surface area is 185 Å². The predicted octanol–water partition coefficient (Wildman–Crippen LogP) is 2.06. The van der Waals surface area contributed by atoms with Gasteiger partial charge in [0.2, 0.25) is 0 Å². The van der Waals surface area contributed by atoms with E-state index in [0.717, 1.165) is 50.5 Å². The summed E-state index contributed by atoms with van der Waals surface area (Å²) in [4.78, 5) is 47.0. The maximum Gasteiger partial charge on any atom is 0.273 e. The number of nitrogens with one attached hydrogen (secondary N) is 1. The Bertz CT molecular complexity index is 1180. The summed E-state index contributed by atoms with van der Waals surface area (Å²) in [5.74, 6) is 0.200. The van der Waals surface area contributed by atoms with Gasteiger partial charge in [0.1, 0.15) is 5.69 Å². The third-order valence-corrected chi connectivity index (χ3v) is 6.56. The lowest BCUT2D eigenvalue weighted by Gasteiger charge is -2.32. The van der Waals surface area contributed by atoms with E-state index in [9.17, 15) is 14.4 Å². The minimum atomic E-state index is -0.325. The molecule has 0 unspecified atom stereocenters. The third kappa shape index (κ3) is 3.90. The van der Waals surface area contributed by atoms with E-state index < -0.39 is 0 Å². The fourth-order valence-electron chi connectivity index (χ4n) is 4.72. The molecule has 0 radical (unpaired) electrons. The van der Waals surface area contributed by atoms with Crippen LogP contribution in [0.15, 0.2) is 41.7 Å². The van der Waals surface area contributed by atoms with E-state index in [2.05, 4.69) is 27.2 Å². The first-order valence-corrected chi connectivity index (χ1v) is 11.2. The molecule has 32 heavy (non-hydrogen) atoms. The summed E-state index contributed by atoms with van der Waals surface area (Å²) < 4.78 is 1.77. The SMILES string of the molecule is O=C(c1c[nH]c(=O)cn1)N1CCC(c2ccn3ncc(C(=O)N4CCCCC4)c3c2)CC1. The number of aromatic amines is 1. The molecule has 2 saturated heterocycles. The Hall–Kier alpha value is -3.49.